The van der Waals surface area contributed by atoms with Gasteiger partial charge in [-0.1, -0.05) is 36.8 Å². The zero-order chi connectivity index (χ0) is 17.4. The van der Waals surface area contributed by atoms with Crippen LogP contribution in [0.2, 0.25) is 0 Å². The molecule has 5 nitrogen and oxygen atoms in total. The summed E-state index contributed by atoms with van der Waals surface area (Å²) in [6, 6.07) is 9.10. The van der Waals surface area contributed by atoms with Crippen molar-refractivity contribution in [3.8, 4) is 0 Å². The molecule has 1 unspecified atom stereocenters. The molecule has 1 aliphatic carbocycles. The van der Waals surface area contributed by atoms with Gasteiger partial charge in [0.05, 0.1) is 6.10 Å². The van der Waals surface area contributed by atoms with Crippen molar-refractivity contribution in [3.63, 3.8) is 0 Å². The smallest absolute Gasteiger partial charge is 0.267 e. The number of aliphatic hydroxyl groups excluding tert-OH is 1. The molecule has 0 spiro atoms. The molecule has 24 heavy (non-hydrogen) atoms. The second kappa shape index (κ2) is 6.48. The number of hydrogen-bond acceptors (Lipinski definition) is 4. The van der Waals surface area contributed by atoms with E-state index in [2.05, 4.69) is 4.40 Å². The molecule has 0 bridgehead atoms. The largest absolute Gasteiger partial charge is 0.472 e. The van der Waals surface area contributed by atoms with E-state index in [-0.39, 0.29) is 17.9 Å². The van der Waals surface area contributed by atoms with Gasteiger partial charge in [-0.2, -0.15) is 0 Å². The molecule has 1 saturated carbocycles. The van der Waals surface area contributed by atoms with Crippen molar-refractivity contribution in [3.05, 3.63) is 35.9 Å². The van der Waals surface area contributed by atoms with Gasteiger partial charge in [-0.3, -0.25) is 0 Å². The first-order valence-corrected chi connectivity index (χ1v) is 10.0. The number of ether oxygens (including phenoxy) is 1. The Morgan fingerprint density at radius 2 is 1.96 bits per heavy atom. The first-order valence-electron chi connectivity index (χ1n) is 8.52. The SMILES string of the molecule is CC1(C)OC(C[C@@H]2CCC[C@@H](O)C2)=NS(=O)(=O)C1c1ccccc1. The van der Waals surface area contributed by atoms with Gasteiger partial charge in [0.2, 0.25) is 5.90 Å². The van der Waals surface area contributed by atoms with Crippen LogP contribution in [-0.2, 0) is 14.8 Å². The van der Waals surface area contributed by atoms with Crippen LogP contribution in [0.1, 0.15) is 56.8 Å². The van der Waals surface area contributed by atoms with E-state index in [1.165, 1.54) is 0 Å². The van der Waals surface area contributed by atoms with E-state index in [1.54, 1.807) is 26.0 Å². The Bertz CT molecular complexity index is 712. The van der Waals surface area contributed by atoms with E-state index in [0.717, 1.165) is 19.3 Å². The molecule has 3 rings (SSSR count). The van der Waals surface area contributed by atoms with Crippen LogP contribution in [0.25, 0.3) is 0 Å². The molecule has 1 aliphatic heterocycles. The maximum Gasteiger partial charge on any atom is 0.267 e. The third-order valence-corrected chi connectivity index (χ3v) is 6.75. The van der Waals surface area contributed by atoms with Crippen LogP contribution in [0.5, 0.6) is 0 Å². The summed E-state index contributed by atoms with van der Waals surface area (Å²) in [5.41, 5.74) is -0.191. The first kappa shape index (κ1) is 17.4. The maximum absolute atomic E-state index is 12.8. The first-order chi connectivity index (χ1) is 11.3. The molecule has 1 aromatic carbocycles. The van der Waals surface area contributed by atoms with Crippen LogP contribution in [0, 0.1) is 5.92 Å². The Balaban J connectivity index is 1.86. The zero-order valence-electron chi connectivity index (χ0n) is 14.2. The van der Waals surface area contributed by atoms with E-state index >= 15 is 0 Å². The summed E-state index contributed by atoms with van der Waals surface area (Å²) in [7, 11) is -3.70. The number of rotatable bonds is 3. The number of nitrogens with zero attached hydrogens (tertiary/aromatic N) is 1. The monoisotopic (exact) mass is 351 g/mol. The summed E-state index contributed by atoms with van der Waals surface area (Å²) >= 11 is 0. The van der Waals surface area contributed by atoms with Gasteiger partial charge in [0.15, 0.2) is 0 Å². The summed E-state index contributed by atoms with van der Waals surface area (Å²) in [6.07, 6.45) is 3.62. The molecule has 3 atom stereocenters. The Morgan fingerprint density at radius 1 is 1.25 bits per heavy atom. The van der Waals surface area contributed by atoms with Gasteiger partial charge in [0.1, 0.15) is 10.9 Å². The molecule has 0 radical (unpaired) electrons. The minimum absolute atomic E-state index is 0.228. The summed E-state index contributed by atoms with van der Waals surface area (Å²) < 4.78 is 35.6. The van der Waals surface area contributed by atoms with Crippen LogP contribution in [0.3, 0.4) is 0 Å². The predicted octanol–water partition coefficient (Wildman–Crippen LogP) is 3.21. The average Bonchev–Trinajstić information content (AvgIpc) is 2.45. The third-order valence-electron chi connectivity index (χ3n) is 4.86. The maximum atomic E-state index is 12.8. The molecule has 1 fully saturated rings. The normalized spacial score (nSPS) is 31.8. The fraction of sp³-hybridized carbons (Fsp3) is 0.611. The number of benzene rings is 1. The highest BCUT2D eigenvalue weighted by atomic mass is 32.2. The quantitative estimate of drug-likeness (QED) is 0.907. The summed E-state index contributed by atoms with van der Waals surface area (Å²) in [5, 5.41) is 8.99. The van der Waals surface area contributed by atoms with E-state index < -0.39 is 20.9 Å². The lowest BCUT2D eigenvalue weighted by Gasteiger charge is -2.38. The highest BCUT2D eigenvalue weighted by Crippen LogP contribution is 2.41. The summed E-state index contributed by atoms with van der Waals surface area (Å²) in [5.74, 6) is 0.512. The van der Waals surface area contributed by atoms with Crippen molar-refractivity contribution in [1.29, 1.82) is 0 Å². The molecule has 1 aromatic rings. The van der Waals surface area contributed by atoms with Gasteiger partial charge in [-0.05, 0) is 44.6 Å². The molecule has 1 N–H and O–H groups in total. The van der Waals surface area contributed by atoms with Crippen LogP contribution in [0.15, 0.2) is 34.7 Å². The molecule has 2 aliphatic rings. The Hall–Kier alpha value is -1.40. The van der Waals surface area contributed by atoms with Gasteiger partial charge >= 0.3 is 0 Å². The lowest BCUT2D eigenvalue weighted by atomic mass is 9.85. The molecule has 6 heteroatoms. The lowest BCUT2D eigenvalue weighted by Crippen LogP contribution is -2.43. The summed E-state index contributed by atoms with van der Waals surface area (Å²) in [6.45, 7) is 3.60. The van der Waals surface area contributed by atoms with Gasteiger partial charge in [-0.15, -0.1) is 4.40 Å². The Morgan fingerprint density at radius 3 is 2.58 bits per heavy atom. The highest BCUT2D eigenvalue weighted by molar-refractivity contribution is 7.90. The van der Waals surface area contributed by atoms with Gasteiger partial charge in [-0.25, -0.2) is 8.42 Å². The summed E-state index contributed by atoms with van der Waals surface area (Å²) in [4.78, 5) is 0. The minimum Gasteiger partial charge on any atom is -0.472 e. The fourth-order valence-electron chi connectivity index (χ4n) is 3.90. The third kappa shape index (κ3) is 3.64. The van der Waals surface area contributed by atoms with Crippen LogP contribution in [0.4, 0.5) is 0 Å². The Labute approximate surface area is 143 Å². The van der Waals surface area contributed by atoms with Crippen LogP contribution < -0.4 is 0 Å². The van der Waals surface area contributed by atoms with E-state index in [1.807, 2.05) is 18.2 Å². The molecule has 1 heterocycles. The van der Waals surface area contributed by atoms with Crippen molar-refractivity contribution < 1.29 is 18.3 Å². The van der Waals surface area contributed by atoms with Crippen molar-refractivity contribution in [1.82, 2.24) is 0 Å². The van der Waals surface area contributed by atoms with Crippen molar-refractivity contribution >= 4 is 15.9 Å². The molecular weight excluding hydrogens is 326 g/mol. The highest BCUT2D eigenvalue weighted by Gasteiger charge is 2.47. The van der Waals surface area contributed by atoms with Gasteiger partial charge < -0.3 is 9.84 Å². The second-order valence-electron chi connectivity index (χ2n) is 7.39. The van der Waals surface area contributed by atoms with E-state index in [0.29, 0.717) is 18.4 Å². The zero-order valence-corrected chi connectivity index (χ0v) is 15.0. The standard InChI is InChI=1S/C18H25NO4S/c1-18(2)17(14-8-4-3-5-9-14)24(21,22)19-16(23-18)12-13-7-6-10-15(20)11-13/h3-5,8-9,13,15,17,20H,6-7,10-12H2,1-2H3/t13-,15-,17?/m1/s1. The fourth-order valence-corrected chi connectivity index (χ4v) is 5.67. The molecule has 0 amide bonds. The van der Waals surface area contributed by atoms with E-state index in [4.69, 9.17) is 4.74 Å². The topological polar surface area (TPSA) is 76.0 Å². The van der Waals surface area contributed by atoms with Gasteiger partial charge in [0, 0.05) is 6.42 Å². The van der Waals surface area contributed by atoms with E-state index in [9.17, 15) is 13.5 Å². The minimum atomic E-state index is -3.70. The number of aliphatic hydroxyl groups is 1. The van der Waals surface area contributed by atoms with Crippen LogP contribution in [-0.4, -0.2) is 31.1 Å². The number of hydrogen-bond donors (Lipinski definition) is 1. The molecule has 132 valence electrons. The molecular formula is C18H25NO4S. The van der Waals surface area contributed by atoms with Crippen molar-refractivity contribution in [2.24, 2.45) is 10.3 Å². The lowest BCUT2D eigenvalue weighted by molar-refractivity contribution is 0.0706. The predicted molar refractivity (Wildman–Crippen MR) is 93.3 cm³/mol. The Kier molecular flexibility index (Phi) is 4.71. The second-order valence-corrected chi connectivity index (χ2v) is 9.07. The molecule has 0 saturated heterocycles. The van der Waals surface area contributed by atoms with Crippen molar-refractivity contribution in [2.45, 2.75) is 62.9 Å². The number of sulfonamides is 1. The van der Waals surface area contributed by atoms with Gasteiger partial charge in [0.25, 0.3) is 10.0 Å². The average molecular weight is 351 g/mol. The van der Waals surface area contributed by atoms with Crippen LogP contribution >= 0.6 is 0 Å². The van der Waals surface area contributed by atoms with Crippen molar-refractivity contribution in [2.75, 3.05) is 0 Å². The molecule has 0 aromatic heterocycles.